The Morgan fingerprint density at radius 1 is 1.62 bits per heavy atom. The lowest BCUT2D eigenvalue weighted by atomic mass is 10.2. The monoisotopic (exact) mass is 313 g/mol. The van der Waals surface area contributed by atoms with Gasteiger partial charge in [0.2, 0.25) is 0 Å². The fraction of sp³-hybridized carbons (Fsp3) is 0.615. The summed E-state index contributed by atoms with van der Waals surface area (Å²) in [4.78, 5) is 29.8. The third kappa shape index (κ3) is 4.68. The molecule has 0 radical (unpaired) electrons. The van der Waals surface area contributed by atoms with Gasteiger partial charge in [-0.3, -0.25) is 4.79 Å². The largest absolute Gasteiger partial charge is 0.481 e. The number of thiazole rings is 1. The summed E-state index contributed by atoms with van der Waals surface area (Å²) in [5.74, 6) is -0.919. The van der Waals surface area contributed by atoms with E-state index in [1.807, 2.05) is 6.20 Å². The number of urea groups is 1. The number of morpholine rings is 1. The lowest BCUT2D eigenvalue weighted by molar-refractivity contribution is -0.141. The summed E-state index contributed by atoms with van der Waals surface area (Å²) in [6.45, 7) is 3.59. The summed E-state index contributed by atoms with van der Waals surface area (Å²) in [7, 11) is 0. The number of carbonyl (C=O) groups excluding carboxylic acids is 1. The van der Waals surface area contributed by atoms with Crippen LogP contribution in [0.2, 0.25) is 0 Å². The van der Waals surface area contributed by atoms with Crippen LogP contribution in [0.4, 0.5) is 4.79 Å². The van der Waals surface area contributed by atoms with Crippen LogP contribution in [-0.4, -0.2) is 52.8 Å². The smallest absolute Gasteiger partial charge is 0.317 e. The van der Waals surface area contributed by atoms with E-state index in [9.17, 15) is 9.59 Å². The number of carboxylic acid groups (broad SMARTS) is 1. The summed E-state index contributed by atoms with van der Waals surface area (Å²) in [5.41, 5.74) is 0. The van der Waals surface area contributed by atoms with E-state index in [1.54, 1.807) is 16.2 Å². The van der Waals surface area contributed by atoms with Crippen molar-refractivity contribution in [1.82, 2.24) is 15.2 Å². The van der Waals surface area contributed by atoms with Gasteiger partial charge in [0, 0.05) is 24.2 Å². The Morgan fingerprint density at radius 3 is 3.10 bits per heavy atom. The van der Waals surface area contributed by atoms with Crippen LogP contribution >= 0.6 is 11.3 Å². The van der Waals surface area contributed by atoms with Gasteiger partial charge in [-0.25, -0.2) is 9.78 Å². The van der Waals surface area contributed by atoms with Gasteiger partial charge >= 0.3 is 12.0 Å². The standard InChI is InChI=1S/C13H19N3O4S/c1-2-10-6-14-11(21-10)7-15-13(19)16-3-4-20-9(8-16)5-12(17)18/h6,9H,2-5,7-8H2,1H3,(H,15,19)(H,17,18). The van der Waals surface area contributed by atoms with Gasteiger partial charge in [-0.15, -0.1) is 11.3 Å². The lowest BCUT2D eigenvalue weighted by Crippen LogP contribution is -2.49. The number of amides is 2. The van der Waals surface area contributed by atoms with Gasteiger partial charge in [0.15, 0.2) is 0 Å². The van der Waals surface area contributed by atoms with Crippen LogP contribution in [0, 0.1) is 0 Å². The fourth-order valence-electron chi connectivity index (χ4n) is 2.08. The molecule has 116 valence electrons. The van der Waals surface area contributed by atoms with Crippen molar-refractivity contribution in [3.63, 3.8) is 0 Å². The molecular weight excluding hydrogens is 294 g/mol. The molecule has 8 heteroatoms. The van der Waals surface area contributed by atoms with E-state index >= 15 is 0 Å². The first-order chi connectivity index (χ1) is 10.1. The summed E-state index contributed by atoms with van der Waals surface area (Å²) in [6, 6.07) is -0.207. The molecule has 1 aliphatic rings. The first kappa shape index (κ1) is 15.7. The Morgan fingerprint density at radius 2 is 2.43 bits per heavy atom. The number of aryl methyl sites for hydroxylation is 1. The number of hydrogen-bond acceptors (Lipinski definition) is 5. The zero-order valence-corrected chi connectivity index (χ0v) is 12.7. The number of rotatable bonds is 5. The van der Waals surface area contributed by atoms with Crippen molar-refractivity contribution in [3.8, 4) is 0 Å². The number of aliphatic carboxylic acids is 1. The van der Waals surface area contributed by atoms with Crippen LogP contribution in [0.5, 0.6) is 0 Å². The van der Waals surface area contributed by atoms with Crippen molar-refractivity contribution in [2.75, 3.05) is 19.7 Å². The van der Waals surface area contributed by atoms with Crippen LogP contribution in [0.3, 0.4) is 0 Å². The van der Waals surface area contributed by atoms with E-state index in [2.05, 4.69) is 17.2 Å². The molecule has 0 spiro atoms. The number of aromatic nitrogens is 1. The quantitative estimate of drug-likeness (QED) is 0.849. The van der Waals surface area contributed by atoms with Crippen molar-refractivity contribution in [2.45, 2.75) is 32.4 Å². The number of carbonyl (C=O) groups is 2. The van der Waals surface area contributed by atoms with Crippen LogP contribution in [0.25, 0.3) is 0 Å². The van der Waals surface area contributed by atoms with E-state index < -0.39 is 12.1 Å². The Kier molecular flexibility index (Phi) is 5.51. The van der Waals surface area contributed by atoms with Gasteiger partial charge in [-0.05, 0) is 6.42 Å². The third-order valence-electron chi connectivity index (χ3n) is 3.17. The first-order valence-electron chi connectivity index (χ1n) is 6.88. The normalized spacial score (nSPS) is 18.5. The Balaban J connectivity index is 1.80. The Hall–Kier alpha value is -1.67. The van der Waals surface area contributed by atoms with Crippen molar-refractivity contribution in [3.05, 3.63) is 16.1 Å². The topological polar surface area (TPSA) is 91.8 Å². The van der Waals surface area contributed by atoms with Crippen molar-refractivity contribution in [1.29, 1.82) is 0 Å². The van der Waals surface area contributed by atoms with Gasteiger partial charge in [0.25, 0.3) is 0 Å². The Labute approximate surface area is 126 Å². The second kappa shape index (κ2) is 7.37. The predicted octanol–water partition coefficient (Wildman–Crippen LogP) is 1.09. The second-order valence-electron chi connectivity index (χ2n) is 4.77. The number of carboxylic acids is 1. The van der Waals surface area contributed by atoms with E-state index in [0.29, 0.717) is 26.2 Å². The fourth-order valence-corrected chi connectivity index (χ4v) is 2.88. The maximum absolute atomic E-state index is 12.1. The summed E-state index contributed by atoms with van der Waals surface area (Å²) < 4.78 is 5.34. The first-order valence-corrected chi connectivity index (χ1v) is 7.70. The van der Waals surface area contributed by atoms with E-state index in [4.69, 9.17) is 9.84 Å². The molecular formula is C13H19N3O4S. The minimum atomic E-state index is -0.919. The molecule has 1 aliphatic heterocycles. The van der Waals surface area contributed by atoms with Gasteiger partial charge < -0.3 is 20.1 Å². The highest BCUT2D eigenvalue weighted by Gasteiger charge is 2.25. The van der Waals surface area contributed by atoms with Crippen molar-refractivity contribution >= 4 is 23.3 Å². The Bertz CT molecular complexity index is 505. The average molecular weight is 313 g/mol. The van der Waals surface area contributed by atoms with Crippen LogP contribution in [0.15, 0.2) is 6.20 Å². The molecule has 1 saturated heterocycles. The second-order valence-corrected chi connectivity index (χ2v) is 5.97. The number of nitrogens with zero attached hydrogens (tertiary/aromatic N) is 2. The zero-order valence-electron chi connectivity index (χ0n) is 11.9. The van der Waals surface area contributed by atoms with E-state index in [0.717, 1.165) is 11.4 Å². The molecule has 1 fully saturated rings. The molecule has 2 N–H and O–H groups in total. The lowest BCUT2D eigenvalue weighted by Gasteiger charge is -2.32. The third-order valence-corrected chi connectivity index (χ3v) is 4.31. The summed E-state index contributed by atoms with van der Waals surface area (Å²) in [6.07, 6.45) is 2.24. The molecule has 0 bridgehead atoms. The van der Waals surface area contributed by atoms with E-state index in [-0.39, 0.29) is 12.5 Å². The maximum atomic E-state index is 12.1. The highest BCUT2D eigenvalue weighted by molar-refractivity contribution is 7.11. The highest BCUT2D eigenvalue weighted by Crippen LogP contribution is 2.13. The zero-order chi connectivity index (χ0) is 15.2. The molecule has 1 aromatic heterocycles. The molecule has 0 aromatic carbocycles. The molecule has 2 amide bonds. The van der Waals surface area contributed by atoms with Crippen LogP contribution < -0.4 is 5.32 Å². The van der Waals surface area contributed by atoms with Crippen LogP contribution in [0.1, 0.15) is 23.2 Å². The molecule has 1 atom stereocenters. The minimum absolute atomic E-state index is 0.0872. The molecule has 21 heavy (non-hydrogen) atoms. The van der Waals surface area contributed by atoms with Crippen LogP contribution in [-0.2, 0) is 22.5 Å². The molecule has 2 rings (SSSR count). The summed E-state index contributed by atoms with van der Waals surface area (Å²) >= 11 is 1.58. The number of nitrogens with one attached hydrogen (secondary N) is 1. The van der Waals surface area contributed by atoms with Gasteiger partial charge in [0.05, 0.1) is 25.7 Å². The van der Waals surface area contributed by atoms with Crippen molar-refractivity contribution < 1.29 is 19.4 Å². The molecule has 0 saturated carbocycles. The predicted molar refractivity (Wildman–Crippen MR) is 77.3 cm³/mol. The molecule has 2 heterocycles. The highest BCUT2D eigenvalue weighted by atomic mass is 32.1. The molecule has 1 unspecified atom stereocenters. The molecule has 1 aromatic rings. The number of hydrogen-bond donors (Lipinski definition) is 2. The van der Waals surface area contributed by atoms with Gasteiger partial charge in [-0.1, -0.05) is 6.92 Å². The summed E-state index contributed by atoms with van der Waals surface area (Å²) in [5, 5.41) is 12.4. The van der Waals surface area contributed by atoms with Gasteiger partial charge in [0.1, 0.15) is 5.01 Å². The molecule has 0 aliphatic carbocycles. The van der Waals surface area contributed by atoms with E-state index in [1.165, 1.54) is 4.88 Å². The van der Waals surface area contributed by atoms with Gasteiger partial charge in [-0.2, -0.15) is 0 Å². The average Bonchev–Trinajstić information content (AvgIpc) is 2.92. The molecule has 7 nitrogen and oxygen atoms in total. The van der Waals surface area contributed by atoms with Crippen molar-refractivity contribution in [2.24, 2.45) is 0 Å². The maximum Gasteiger partial charge on any atom is 0.317 e. The number of ether oxygens (including phenoxy) is 1. The SMILES string of the molecule is CCc1cnc(CNC(=O)N2CCOC(CC(=O)O)C2)s1. The minimum Gasteiger partial charge on any atom is -0.481 e.